The third-order valence-electron chi connectivity index (χ3n) is 6.06. The van der Waals surface area contributed by atoms with E-state index in [4.69, 9.17) is 23.9 Å². The summed E-state index contributed by atoms with van der Waals surface area (Å²) in [7, 11) is 3.14. The van der Waals surface area contributed by atoms with E-state index in [1.165, 1.54) is 11.8 Å². The number of carbonyl (C=O) groups is 3. The molecule has 0 saturated carbocycles. The Labute approximate surface area is 274 Å². The number of rotatable bonds is 11. The first-order valence-corrected chi connectivity index (χ1v) is 15.6. The van der Waals surface area contributed by atoms with Gasteiger partial charge in [0.25, 0.3) is 0 Å². The van der Waals surface area contributed by atoms with Crippen molar-refractivity contribution in [3.05, 3.63) is 65.4 Å². The molecular formula is C33H42N4O8S. The summed E-state index contributed by atoms with van der Waals surface area (Å²) in [6, 6.07) is 14.7. The molecule has 0 bridgehead atoms. The van der Waals surface area contributed by atoms with Gasteiger partial charge in [0.05, 0.1) is 14.2 Å². The predicted octanol–water partition coefficient (Wildman–Crippen LogP) is 7.19. The lowest BCUT2D eigenvalue weighted by molar-refractivity contribution is 0.0430. The molecule has 2 aromatic carbocycles. The molecule has 46 heavy (non-hydrogen) atoms. The van der Waals surface area contributed by atoms with Gasteiger partial charge in [-0.2, -0.15) is 4.90 Å². The summed E-state index contributed by atoms with van der Waals surface area (Å²) in [6.07, 6.45) is -2.28. The van der Waals surface area contributed by atoms with Gasteiger partial charge in [0.15, 0.2) is 16.7 Å². The van der Waals surface area contributed by atoms with Crippen LogP contribution in [0.2, 0.25) is 0 Å². The van der Waals surface area contributed by atoms with Crippen LogP contribution in [0.1, 0.15) is 70.1 Å². The van der Waals surface area contributed by atoms with Crippen molar-refractivity contribution in [3.63, 3.8) is 0 Å². The zero-order chi connectivity index (χ0) is 34.2. The molecule has 0 aliphatic heterocycles. The maximum Gasteiger partial charge on any atom is 0.424 e. The number of carbonyl (C=O) groups excluding carboxylic acids is 2. The summed E-state index contributed by atoms with van der Waals surface area (Å²) < 4.78 is 21.9. The van der Waals surface area contributed by atoms with Crippen molar-refractivity contribution < 1.29 is 38.4 Å². The van der Waals surface area contributed by atoms with Gasteiger partial charge in [-0.25, -0.2) is 24.4 Å². The number of carboxylic acid groups (broad SMARTS) is 1. The second-order valence-electron chi connectivity index (χ2n) is 12.1. The number of methoxy groups -OCH3 is 2. The standard InChI is InChI=1S/C33H42N4O8S/c1-10-46-29-34-25(28(38)39)26(37(30(40)44-32(2,3)4)31(41)45-33(5,6)7)27(35-29)36(19-21-11-15-23(42-8)16-12-21)20-22-13-17-24(43-9)18-14-22/h11-18H,10,19-20H2,1-9H3,(H,38,39). The molecule has 0 spiro atoms. The molecule has 1 heterocycles. The zero-order valence-corrected chi connectivity index (χ0v) is 28.6. The van der Waals surface area contributed by atoms with Crippen LogP contribution >= 0.6 is 11.8 Å². The molecule has 12 nitrogen and oxygen atoms in total. The molecule has 0 aliphatic rings. The maximum absolute atomic E-state index is 13.8. The van der Waals surface area contributed by atoms with E-state index in [1.54, 1.807) is 84.9 Å². The summed E-state index contributed by atoms with van der Waals surface area (Å²) in [4.78, 5) is 51.8. The van der Waals surface area contributed by atoms with Crippen LogP contribution in [0.4, 0.5) is 21.1 Å². The van der Waals surface area contributed by atoms with E-state index in [1.807, 2.05) is 31.2 Å². The van der Waals surface area contributed by atoms with Gasteiger partial charge in [-0.1, -0.05) is 43.0 Å². The second-order valence-corrected chi connectivity index (χ2v) is 13.3. The van der Waals surface area contributed by atoms with E-state index in [2.05, 4.69) is 4.98 Å². The van der Waals surface area contributed by atoms with Crippen LogP contribution in [-0.2, 0) is 22.6 Å². The number of hydrogen-bond donors (Lipinski definition) is 1. The number of amides is 2. The van der Waals surface area contributed by atoms with Crippen LogP contribution in [0.3, 0.4) is 0 Å². The summed E-state index contributed by atoms with van der Waals surface area (Å²) in [5.41, 5.74) is -1.37. The minimum atomic E-state index is -1.47. The van der Waals surface area contributed by atoms with Crippen molar-refractivity contribution >= 4 is 41.4 Å². The minimum absolute atomic E-state index is 0.0201. The van der Waals surface area contributed by atoms with Gasteiger partial charge in [-0.15, -0.1) is 0 Å². The average molecular weight is 655 g/mol. The molecule has 2 amide bonds. The van der Waals surface area contributed by atoms with Crippen LogP contribution in [-0.4, -0.2) is 64.4 Å². The fraction of sp³-hybridized carbons (Fsp3) is 0.424. The van der Waals surface area contributed by atoms with E-state index >= 15 is 0 Å². The van der Waals surface area contributed by atoms with E-state index in [-0.39, 0.29) is 29.8 Å². The Morgan fingerprint density at radius 2 is 1.20 bits per heavy atom. The van der Waals surface area contributed by atoms with Gasteiger partial charge in [0, 0.05) is 13.1 Å². The number of carboxylic acids is 1. The lowest BCUT2D eigenvalue weighted by atomic mass is 10.1. The average Bonchev–Trinajstić information content (AvgIpc) is 2.96. The van der Waals surface area contributed by atoms with Gasteiger partial charge in [0.1, 0.15) is 28.4 Å². The first-order valence-electron chi connectivity index (χ1n) is 14.6. The first kappa shape index (κ1) is 36.0. The lowest BCUT2D eigenvalue weighted by Crippen LogP contribution is -2.45. The number of thioether (sulfide) groups is 1. The van der Waals surface area contributed by atoms with E-state index in [0.717, 1.165) is 11.1 Å². The van der Waals surface area contributed by atoms with Gasteiger partial charge >= 0.3 is 18.2 Å². The first-order chi connectivity index (χ1) is 21.5. The van der Waals surface area contributed by atoms with Gasteiger partial charge in [-0.3, -0.25) is 0 Å². The number of aromatic nitrogens is 2. The van der Waals surface area contributed by atoms with Gasteiger partial charge < -0.3 is 29.0 Å². The zero-order valence-electron chi connectivity index (χ0n) is 27.7. The quantitative estimate of drug-likeness (QED) is 0.165. The van der Waals surface area contributed by atoms with Crippen LogP contribution < -0.4 is 19.3 Å². The Balaban J connectivity index is 2.37. The van der Waals surface area contributed by atoms with Crippen molar-refractivity contribution in [1.82, 2.24) is 9.97 Å². The molecule has 0 aliphatic carbocycles. The monoisotopic (exact) mass is 654 g/mol. The Hall–Kier alpha value is -4.52. The van der Waals surface area contributed by atoms with Gasteiger partial charge in [0.2, 0.25) is 0 Å². The Morgan fingerprint density at radius 3 is 1.54 bits per heavy atom. The fourth-order valence-corrected chi connectivity index (χ4v) is 4.74. The number of nitrogens with zero attached hydrogens (tertiary/aromatic N) is 4. The molecule has 0 saturated heterocycles. The molecule has 1 aromatic heterocycles. The highest BCUT2D eigenvalue weighted by molar-refractivity contribution is 7.99. The number of benzene rings is 2. The van der Waals surface area contributed by atoms with Crippen LogP contribution in [0, 0.1) is 0 Å². The normalized spacial score (nSPS) is 11.4. The molecule has 0 radical (unpaired) electrons. The van der Waals surface area contributed by atoms with Crippen molar-refractivity contribution in [2.45, 2.75) is 77.9 Å². The third kappa shape index (κ3) is 9.99. The largest absolute Gasteiger partial charge is 0.497 e. The highest BCUT2D eigenvalue weighted by atomic mass is 32.2. The van der Waals surface area contributed by atoms with E-state index in [0.29, 0.717) is 22.2 Å². The Morgan fingerprint density at radius 1 is 0.761 bits per heavy atom. The molecule has 0 fully saturated rings. The summed E-state index contributed by atoms with van der Waals surface area (Å²) in [5.74, 6) is 0.402. The fourth-order valence-electron chi connectivity index (χ4n) is 4.17. The van der Waals surface area contributed by atoms with E-state index < -0.39 is 35.1 Å². The molecular weight excluding hydrogens is 612 g/mol. The minimum Gasteiger partial charge on any atom is -0.497 e. The molecule has 3 rings (SSSR count). The molecule has 0 atom stereocenters. The Bertz CT molecular complexity index is 1440. The maximum atomic E-state index is 13.8. The molecule has 0 unspecified atom stereocenters. The predicted molar refractivity (Wildman–Crippen MR) is 176 cm³/mol. The number of imide groups is 1. The molecule has 3 aromatic rings. The van der Waals surface area contributed by atoms with Crippen LogP contribution in [0.25, 0.3) is 0 Å². The number of aromatic carboxylic acids is 1. The molecule has 1 N–H and O–H groups in total. The highest BCUT2D eigenvalue weighted by Gasteiger charge is 2.39. The van der Waals surface area contributed by atoms with Crippen molar-refractivity contribution in [2.24, 2.45) is 0 Å². The second kappa shape index (κ2) is 15.2. The summed E-state index contributed by atoms with van der Waals surface area (Å²) in [6.45, 7) is 12.1. The summed E-state index contributed by atoms with van der Waals surface area (Å²) in [5, 5.41) is 10.6. The Kier molecular flexibility index (Phi) is 11.9. The van der Waals surface area contributed by atoms with Gasteiger partial charge in [-0.05, 0) is 82.7 Å². The SMILES string of the molecule is CCSc1nc(C(=O)O)c(N(C(=O)OC(C)(C)C)C(=O)OC(C)(C)C)c(N(Cc2ccc(OC)cc2)Cc2ccc(OC)cc2)n1. The summed E-state index contributed by atoms with van der Waals surface area (Å²) >= 11 is 1.22. The smallest absolute Gasteiger partial charge is 0.424 e. The third-order valence-corrected chi connectivity index (χ3v) is 6.79. The number of hydrogen-bond acceptors (Lipinski definition) is 11. The highest BCUT2D eigenvalue weighted by Crippen LogP contribution is 2.37. The van der Waals surface area contributed by atoms with Crippen LogP contribution in [0.15, 0.2) is 53.7 Å². The van der Waals surface area contributed by atoms with Crippen molar-refractivity contribution in [1.29, 1.82) is 0 Å². The lowest BCUT2D eigenvalue weighted by Gasteiger charge is -2.32. The topological polar surface area (TPSA) is 141 Å². The molecule has 13 heteroatoms. The van der Waals surface area contributed by atoms with Crippen molar-refractivity contribution in [3.8, 4) is 11.5 Å². The number of anilines is 2. The molecule has 248 valence electrons. The number of ether oxygens (including phenoxy) is 4. The van der Waals surface area contributed by atoms with E-state index in [9.17, 15) is 19.5 Å². The van der Waals surface area contributed by atoms with Crippen LogP contribution in [0.5, 0.6) is 11.5 Å². The van der Waals surface area contributed by atoms with Crippen molar-refractivity contribution in [2.75, 3.05) is 29.8 Å².